The van der Waals surface area contributed by atoms with Crippen LogP contribution in [-0.4, -0.2) is 27.4 Å². The maximum Gasteiger partial charge on any atom is 0.140 e. The number of nitrogens with two attached hydrogens (primary N) is 1. The van der Waals surface area contributed by atoms with Gasteiger partial charge in [0.05, 0.1) is 5.69 Å². The van der Waals surface area contributed by atoms with E-state index in [-0.39, 0.29) is 5.84 Å². The van der Waals surface area contributed by atoms with Gasteiger partial charge in [0.2, 0.25) is 0 Å². The molecule has 0 amide bonds. The Morgan fingerprint density at radius 1 is 1.79 bits per heavy atom. The summed E-state index contributed by atoms with van der Waals surface area (Å²) >= 11 is 0. The van der Waals surface area contributed by atoms with Crippen molar-refractivity contribution in [1.29, 1.82) is 0 Å². The molecule has 6 heteroatoms. The second-order valence-electron chi connectivity index (χ2n) is 3.00. The molecule has 0 spiro atoms. The minimum absolute atomic E-state index is 0.235. The standard InChI is InChI=1S/C8H15N5O/c1-13-5-3-7(11-13)6-10-4-2-8(9)12-14/h3,5,10,14H,2,4,6H2,1H3,(H2,9,12). The quantitative estimate of drug-likeness (QED) is 0.198. The summed E-state index contributed by atoms with van der Waals surface area (Å²) in [5.74, 6) is 0.235. The Bertz CT molecular complexity index is 306. The zero-order valence-corrected chi connectivity index (χ0v) is 8.14. The lowest BCUT2D eigenvalue weighted by Crippen LogP contribution is -2.22. The van der Waals surface area contributed by atoms with Crippen LogP contribution in [0.3, 0.4) is 0 Å². The topological polar surface area (TPSA) is 88.5 Å². The summed E-state index contributed by atoms with van der Waals surface area (Å²) in [6.07, 6.45) is 2.42. The number of hydrogen-bond acceptors (Lipinski definition) is 4. The van der Waals surface area contributed by atoms with Crippen molar-refractivity contribution < 1.29 is 5.21 Å². The van der Waals surface area contributed by atoms with Gasteiger partial charge in [-0.1, -0.05) is 5.16 Å². The van der Waals surface area contributed by atoms with Crippen molar-refractivity contribution in [2.45, 2.75) is 13.0 Å². The van der Waals surface area contributed by atoms with Gasteiger partial charge >= 0.3 is 0 Å². The second-order valence-corrected chi connectivity index (χ2v) is 3.00. The van der Waals surface area contributed by atoms with E-state index in [1.54, 1.807) is 4.68 Å². The lowest BCUT2D eigenvalue weighted by Gasteiger charge is -2.00. The Morgan fingerprint density at radius 3 is 3.14 bits per heavy atom. The largest absolute Gasteiger partial charge is 0.409 e. The molecule has 0 aliphatic rings. The van der Waals surface area contributed by atoms with Crippen LogP contribution >= 0.6 is 0 Å². The third-order valence-electron chi connectivity index (χ3n) is 1.76. The molecule has 0 aromatic carbocycles. The maximum absolute atomic E-state index is 8.27. The van der Waals surface area contributed by atoms with E-state index < -0.39 is 0 Å². The van der Waals surface area contributed by atoms with Crippen LogP contribution in [0.15, 0.2) is 17.4 Å². The minimum Gasteiger partial charge on any atom is -0.409 e. The van der Waals surface area contributed by atoms with Gasteiger partial charge in [-0.15, -0.1) is 0 Å². The fourth-order valence-corrected chi connectivity index (χ4v) is 1.04. The van der Waals surface area contributed by atoms with Crippen molar-refractivity contribution in [3.8, 4) is 0 Å². The summed E-state index contributed by atoms with van der Waals surface area (Å²) in [6, 6.07) is 1.94. The molecule has 1 aromatic heterocycles. The summed E-state index contributed by atoms with van der Waals surface area (Å²) in [4.78, 5) is 0. The van der Waals surface area contributed by atoms with Crippen molar-refractivity contribution in [3.05, 3.63) is 18.0 Å². The summed E-state index contributed by atoms with van der Waals surface area (Å²) in [7, 11) is 1.87. The first kappa shape index (κ1) is 10.5. The molecule has 0 saturated heterocycles. The first-order valence-corrected chi connectivity index (χ1v) is 4.38. The second kappa shape index (κ2) is 5.23. The van der Waals surface area contributed by atoms with E-state index in [9.17, 15) is 0 Å². The van der Waals surface area contributed by atoms with Crippen LogP contribution in [0.25, 0.3) is 0 Å². The summed E-state index contributed by atoms with van der Waals surface area (Å²) < 4.78 is 1.75. The molecule has 1 aromatic rings. The molecule has 0 aliphatic carbocycles. The molecule has 1 heterocycles. The highest BCUT2D eigenvalue weighted by atomic mass is 16.4. The third kappa shape index (κ3) is 3.44. The van der Waals surface area contributed by atoms with Gasteiger partial charge in [0, 0.05) is 32.8 Å². The number of amidine groups is 1. The van der Waals surface area contributed by atoms with E-state index in [2.05, 4.69) is 15.6 Å². The zero-order chi connectivity index (χ0) is 10.4. The number of aromatic nitrogens is 2. The Labute approximate surface area is 82.4 Å². The SMILES string of the molecule is Cn1ccc(CNCC/C(N)=N/O)n1. The monoisotopic (exact) mass is 197 g/mol. The predicted molar refractivity (Wildman–Crippen MR) is 52.9 cm³/mol. The highest BCUT2D eigenvalue weighted by Crippen LogP contribution is 1.92. The van der Waals surface area contributed by atoms with E-state index in [1.807, 2.05) is 19.3 Å². The van der Waals surface area contributed by atoms with Crippen molar-refractivity contribution in [2.24, 2.45) is 17.9 Å². The van der Waals surface area contributed by atoms with Crippen molar-refractivity contribution in [1.82, 2.24) is 15.1 Å². The molecule has 0 saturated carbocycles. The average molecular weight is 197 g/mol. The number of nitrogens with zero attached hydrogens (tertiary/aromatic N) is 3. The normalized spacial score (nSPS) is 11.9. The van der Waals surface area contributed by atoms with Crippen molar-refractivity contribution in [2.75, 3.05) is 6.54 Å². The van der Waals surface area contributed by atoms with Crippen LogP contribution in [0.1, 0.15) is 12.1 Å². The van der Waals surface area contributed by atoms with Crippen LogP contribution in [0.4, 0.5) is 0 Å². The average Bonchev–Trinajstić information content (AvgIpc) is 2.58. The molecule has 0 fully saturated rings. The van der Waals surface area contributed by atoms with E-state index >= 15 is 0 Å². The van der Waals surface area contributed by atoms with Crippen molar-refractivity contribution >= 4 is 5.84 Å². The highest BCUT2D eigenvalue weighted by Gasteiger charge is 1.96. The van der Waals surface area contributed by atoms with Crippen LogP contribution in [0.5, 0.6) is 0 Å². The lowest BCUT2D eigenvalue weighted by molar-refractivity contribution is 0.316. The van der Waals surface area contributed by atoms with Crippen LogP contribution in [-0.2, 0) is 13.6 Å². The molecule has 0 bridgehead atoms. The van der Waals surface area contributed by atoms with Gasteiger partial charge in [-0.05, 0) is 6.07 Å². The molecule has 14 heavy (non-hydrogen) atoms. The van der Waals surface area contributed by atoms with E-state index in [0.717, 1.165) is 5.69 Å². The molecule has 0 aliphatic heterocycles. The van der Waals surface area contributed by atoms with Gasteiger partial charge in [0.1, 0.15) is 5.84 Å². The predicted octanol–water partition coefficient (Wildman–Crippen LogP) is -0.354. The van der Waals surface area contributed by atoms with E-state index in [0.29, 0.717) is 19.5 Å². The van der Waals surface area contributed by atoms with Gasteiger partial charge in [0.15, 0.2) is 0 Å². The molecule has 0 atom stereocenters. The van der Waals surface area contributed by atoms with Gasteiger partial charge < -0.3 is 16.3 Å². The first-order valence-electron chi connectivity index (χ1n) is 4.38. The molecule has 6 nitrogen and oxygen atoms in total. The zero-order valence-electron chi connectivity index (χ0n) is 8.14. The molecular formula is C8H15N5O. The Hall–Kier alpha value is -1.56. The number of oxime groups is 1. The van der Waals surface area contributed by atoms with Gasteiger partial charge in [-0.25, -0.2) is 0 Å². The smallest absolute Gasteiger partial charge is 0.140 e. The third-order valence-corrected chi connectivity index (χ3v) is 1.76. The molecular weight excluding hydrogens is 182 g/mol. The lowest BCUT2D eigenvalue weighted by atomic mass is 10.4. The Morgan fingerprint density at radius 2 is 2.57 bits per heavy atom. The molecule has 78 valence electrons. The van der Waals surface area contributed by atoms with Gasteiger partial charge in [-0.2, -0.15) is 5.10 Å². The Balaban J connectivity index is 2.16. The molecule has 1 rings (SSSR count). The minimum atomic E-state index is 0.235. The summed E-state index contributed by atoms with van der Waals surface area (Å²) in [6.45, 7) is 1.37. The van der Waals surface area contributed by atoms with E-state index in [4.69, 9.17) is 10.9 Å². The van der Waals surface area contributed by atoms with E-state index in [1.165, 1.54) is 0 Å². The summed E-state index contributed by atoms with van der Waals surface area (Å²) in [5, 5.41) is 18.5. The fraction of sp³-hybridized carbons (Fsp3) is 0.500. The summed E-state index contributed by atoms with van der Waals surface area (Å²) in [5.41, 5.74) is 6.28. The van der Waals surface area contributed by atoms with Gasteiger partial charge in [-0.3, -0.25) is 4.68 Å². The van der Waals surface area contributed by atoms with Crippen LogP contribution in [0, 0.1) is 0 Å². The first-order chi connectivity index (χ1) is 6.72. The number of aryl methyl sites for hydroxylation is 1. The Kier molecular flexibility index (Phi) is 3.93. The number of nitrogens with one attached hydrogen (secondary N) is 1. The van der Waals surface area contributed by atoms with Crippen LogP contribution in [0.2, 0.25) is 0 Å². The highest BCUT2D eigenvalue weighted by molar-refractivity contribution is 5.79. The number of hydrogen-bond donors (Lipinski definition) is 3. The maximum atomic E-state index is 8.27. The molecule has 0 unspecified atom stereocenters. The fourth-order valence-electron chi connectivity index (χ4n) is 1.04. The van der Waals surface area contributed by atoms with Crippen LogP contribution < -0.4 is 11.1 Å². The molecule has 0 radical (unpaired) electrons. The van der Waals surface area contributed by atoms with Gasteiger partial charge in [0.25, 0.3) is 0 Å². The molecule has 4 N–H and O–H groups in total. The van der Waals surface area contributed by atoms with Crippen molar-refractivity contribution in [3.63, 3.8) is 0 Å². The number of rotatable bonds is 5.